The van der Waals surface area contributed by atoms with Crippen molar-refractivity contribution in [3.63, 3.8) is 0 Å². The average Bonchev–Trinajstić information content (AvgIpc) is 2.99. The van der Waals surface area contributed by atoms with Crippen LogP contribution in [0.2, 0.25) is 0 Å². The predicted molar refractivity (Wildman–Crippen MR) is 81.7 cm³/mol. The largest absolute Gasteiger partial charge is 0.364 e. The van der Waals surface area contributed by atoms with Gasteiger partial charge in [-0.05, 0) is 18.2 Å². The zero-order valence-electron chi connectivity index (χ0n) is 12.3. The van der Waals surface area contributed by atoms with E-state index < -0.39 is 30.1 Å². The van der Waals surface area contributed by atoms with Crippen LogP contribution < -0.4 is 11.1 Å². The molecule has 0 saturated heterocycles. The molecule has 1 aromatic carbocycles. The number of carbonyl (C=O) groups excluding carboxylic acids is 2. The maximum atomic E-state index is 13.0. The number of halogens is 2. The topological polar surface area (TPSA) is 90.0 Å². The third kappa shape index (κ3) is 2.84. The highest BCUT2D eigenvalue weighted by Gasteiger charge is 2.61. The van der Waals surface area contributed by atoms with E-state index in [2.05, 4.69) is 16.3 Å². The quantitative estimate of drug-likeness (QED) is 0.833. The lowest BCUT2D eigenvalue weighted by Crippen LogP contribution is -2.20. The number of amides is 2. The third-order valence-electron chi connectivity index (χ3n) is 3.63. The first-order valence-corrected chi connectivity index (χ1v) is 6.97. The van der Waals surface area contributed by atoms with Crippen molar-refractivity contribution in [2.75, 3.05) is 5.32 Å². The zero-order chi connectivity index (χ0) is 17.5. The normalized spacial score (nSPS) is 17.8. The molecule has 2 amide bonds. The van der Waals surface area contributed by atoms with E-state index in [0.29, 0.717) is 11.3 Å². The Morgan fingerprint density at radius 2 is 2.17 bits per heavy atom. The van der Waals surface area contributed by atoms with Gasteiger partial charge < -0.3 is 11.1 Å². The minimum atomic E-state index is -3.01. The van der Waals surface area contributed by atoms with Gasteiger partial charge in [0.15, 0.2) is 5.69 Å². The lowest BCUT2D eigenvalue weighted by atomic mass is 10.2. The maximum absolute atomic E-state index is 13.0. The molecule has 1 heterocycles. The number of anilines is 1. The lowest BCUT2D eigenvalue weighted by Gasteiger charge is -2.02. The molecule has 2 aromatic rings. The van der Waals surface area contributed by atoms with Gasteiger partial charge in [-0.15, -0.1) is 6.42 Å². The van der Waals surface area contributed by atoms with Crippen LogP contribution in [0.1, 0.15) is 22.5 Å². The molecule has 1 saturated carbocycles. The summed E-state index contributed by atoms with van der Waals surface area (Å²) in [6.07, 6.45) is 6.15. The number of alkyl halides is 2. The van der Waals surface area contributed by atoms with Crippen molar-refractivity contribution in [3.8, 4) is 18.0 Å². The van der Waals surface area contributed by atoms with Gasteiger partial charge in [-0.25, -0.2) is 13.5 Å². The minimum absolute atomic E-state index is 0.0266. The molecule has 122 valence electrons. The number of carbonyl (C=O) groups is 2. The smallest absolute Gasteiger partial charge is 0.271 e. The number of terminal acetylenes is 1. The predicted octanol–water partition coefficient (Wildman–Crippen LogP) is 1.55. The second-order valence-corrected chi connectivity index (χ2v) is 5.40. The summed E-state index contributed by atoms with van der Waals surface area (Å²) in [5, 5.41) is 6.28. The van der Waals surface area contributed by atoms with E-state index in [-0.39, 0.29) is 11.4 Å². The van der Waals surface area contributed by atoms with Gasteiger partial charge in [0, 0.05) is 12.0 Å². The molecular weight excluding hydrogens is 318 g/mol. The average molecular weight is 330 g/mol. The fourth-order valence-corrected chi connectivity index (χ4v) is 2.24. The van der Waals surface area contributed by atoms with Crippen LogP contribution in [0.15, 0.2) is 30.5 Å². The summed E-state index contributed by atoms with van der Waals surface area (Å²) in [5.74, 6) is -3.71. The van der Waals surface area contributed by atoms with Crippen LogP contribution in [0, 0.1) is 18.3 Å². The van der Waals surface area contributed by atoms with E-state index in [0.717, 1.165) is 0 Å². The molecule has 1 aromatic heterocycles. The Hall–Kier alpha value is -3.21. The fourth-order valence-electron chi connectivity index (χ4n) is 2.24. The monoisotopic (exact) mass is 330 g/mol. The molecule has 1 fully saturated rings. The third-order valence-corrected chi connectivity index (χ3v) is 3.63. The SMILES string of the molecule is C#Cc1cccc(-n2cc(NC(=O)[C@H]3CC3(F)F)c(C(N)=O)n2)c1. The van der Waals surface area contributed by atoms with Gasteiger partial charge in [-0.1, -0.05) is 12.0 Å². The molecule has 1 aliphatic rings. The molecular formula is C16H12F2N4O2. The number of nitrogens with zero attached hydrogens (tertiary/aromatic N) is 2. The van der Waals surface area contributed by atoms with Gasteiger partial charge in [0.05, 0.1) is 17.6 Å². The van der Waals surface area contributed by atoms with Crippen molar-refractivity contribution in [1.29, 1.82) is 0 Å². The molecule has 3 N–H and O–H groups in total. The Morgan fingerprint density at radius 1 is 1.46 bits per heavy atom. The minimum Gasteiger partial charge on any atom is -0.364 e. The number of rotatable bonds is 4. The summed E-state index contributed by atoms with van der Waals surface area (Å²) in [5.41, 5.74) is 6.11. The van der Waals surface area contributed by atoms with E-state index in [4.69, 9.17) is 12.2 Å². The summed E-state index contributed by atoms with van der Waals surface area (Å²) in [6.45, 7) is 0. The highest BCUT2D eigenvalue weighted by Crippen LogP contribution is 2.49. The van der Waals surface area contributed by atoms with Crippen LogP contribution in [-0.2, 0) is 4.79 Å². The summed E-state index contributed by atoms with van der Waals surface area (Å²) in [7, 11) is 0. The molecule has 0 aliphatic heterocycles. The van der Waals surface area contributed by atoms with Gasteiger partial charge in [0.1, 0.15) is 5.92 Å². The van der Waals surface area contributed by atoms with E-state index in [9.17, 15) is 18.4 Å². The van der Waals surface area contributed by atoms with Gasteiger partial charge >= 0.3 is 0 Å². The van der Waals surface area contributed by atoms with Crippen LogP contribution in [0.4, 0.5) is 14.5 Å². The Morgan fingerprint density at radius 3 is 2.75 bits per heavy atom. The Bertz CT molecular complexity index is 882. The molecule has 8 heteroatoms. The number of nitrogens with one attached hydrogen (secondary N) is 1. The molecule has 24 heavy (non-hydrogen) atoms. The zero-order valence-corrected chi connectivity index (χ0v) is 12.3. The molecule has 1 aliphatic carbocycles. The van der Waals surface area contributed by atoms with Crippen LogP contribution in [-0.4, -0.2) is 27.5 Å². The van der Waals surface area contributed by atoms with Crippen molar-refractivity contribution in [3.05, 3.63) is 41.7 Å². The van der Waals surface area contributed by atoms with Gasteiger partial charge in [-0.3, -0.25) is 9.59 Å². The fraction of sp³-hybridized carbons (Fsp3) is 0.188. The highest BCUT2D eigenvalue weighted by molar-refractivity contribution is 6.03. The summed E-state index contributed by atoms with van der Waals surface area (Å²) >= 11 is 0. The molecule has 3 rings (SSSR count). The van der Waals surface area contributed by atoms with E-state index in [1.165, 1.54) is 10.9 Å². The first-order chi connectivity index (χ1) is 11.3. The summed E-state index contributed by atoms with van der Waals surface area (Å²) < 4.78 is 27.2. The molecule has 0 unspecified atom stereocenters. The molecule has 0 bridgehead atoms. The van der Waals surface area contributed by atoms with Gasteiger partial charge in [0.2, 0.25) is 5.91 Å². The van der Waals surface area contributed by atoms with E-state index in [1.54, 1.807) is 24.3 Å². The molecule has 0 radical (unpaired) electrons. The van der Waals surface area contributed by atoms with Crippen molar-refractivity contribution in [1.82, 2.24) is 9.78 Å². The van der Waals surface area contributed by atoms with Gasteiger partial charge in [-0.2, -0.15) is 5.10 Å². The van der Waals surface area contributed by atoms with Crippen molar-refractivity contribution < 1.29 is 18.4 Å². The lowest BCUT2D eigenvalue weighted by molar-refractivity contribution is -0.119. The first kappa shape index (κ1) is 15.7. The van der Waals surface area contributed by atoms with Gasteiger partial charge in [0.25, 0.3) is 11.8 Å². The van der Waals surface area contributed by atoms with Crippen LogP contribution in [0.5, 0.6) is 0 Å². The van der Waals surface area contributed by atoms with Crippen LogP contribution in [0.3, 0.4) is 0 Å². The Labute approximate surface area is 135 Å². The number of primary amides is 1. The number of benzene rings is 1. The molecule has 0 spiro atoms. The number of aromatic nitrogens is 2. The number of hydrogen-bond donors (Lipinski definition) is 2. The van der Waals surface area contributed by atoms with E-state index in [1.807, 2.05) is 0 Å². The second-order valence-electron chi connectivity index (χ2n) is 5.40. The standard InChI is InChI=1S/C16H12F2N4O2/c1-2-9-4-3-5-10(6-9)22-8-12(13(21-22)14(19)23)20-15(24)11-7-16(11,17)18/h1,3-6,8,11H,7H2,(H2,19,23)(H,20,24)/t11-/m1/s1. The summed E-state index contributed by atoms with van der Waals surface area (Å²) in [4.78, 5) is 23.3. The first-order valence-electron chi connectivity index (χ1n) is 6.97. The van der Waals surface area contributed by atoms with Crippen molar-refractivity contribution in [2.24, 2.45) is 11.7 Å². The van der Waals surface area contributed by atoms with Crippen molar-refractivity contribution >= 4 is 17.5 Å². The van der Waals surface area contributed by atoms with Crippen LogP contribution in [0.25, 0.3) is 5.69 Å². The Balaban J connectivity index is 1.92. The van der Waals surface area contributed by atoms with Crippen LogP contribution >= 0.6 is 0 Å². The molecule has 1 atom stereocenters. The highest BCUT2D eigenvalue weighted by atomic mass is 19.3. The maximum Gasteiger partial charge on any atom is 0.271 e. The number of nitrogens with two attached hydrogens (primary N) is 1. The van der Waals surface area contributed by atoms with E-state index >= 15 is 0 Å². The Kier molecular flexibility index (Phi) is 3.56. The second kappa shape index (κ2) is 5.45. The van der Waals surface area contributed by atoms with Crippen molar-refractivity contribution in [2.45, 2.75) is 12.3 Å². The summed E-state index contributed by atoms with van der Waals surface area (Å²) in [6, 6.07) is 6.72. The number of hydrogen-bond acceptors (Lipinski definition) is 3. The molecule has 6 nitrogen and oxygen atoms in total.